The van der Waals surface area contributed by atoms with Gasteiger partial charge in [0.15, 0.2) is 11.6 Å². The molecule has 1 saturated heterocycles. The number of ketones is 1. The van der Waals surface area contributed by atoms with Crippen molar-refractivity contribution in [2.24, 2.45) is 0 Å². The van der Waals surface area contributed by atoms with Gasteiger partial charge in [-0.3, -0.25) is 9.69 Å². The number of hydrogen-bond donors (Lipinski definition) is 0. The van der Waals surface area contributed by atoms with Gasteiger partial charge in [0.1, 0.15) is 5.82 Å². The lowest BCUT2D eigenvalue weighted by molar-refractivity contribution is 0.0330. The Morgan fingerprint density at radius 2 is 1.87 bits per heavy atom. The number of hydrogen-bond acceptors (Lipinski definition) is 6. The van der Waals surface area contributed by atoms with Gasteiger partial charge < -0.3 is 9.64 Å². The van der Waals surface area contributed by atoms with E-state index in [9.17, 15) is 4.79 Å². The lowest BCUT2D eigenvalue weighted by atomic mass is 10.0. The van der Waals surface area contributed by atoms with Crippen LogP contribution in [0.4, 0.5) is 0 Å². The fourth-order valence-corrected chi connectivity index (χ4v) is 3.79. The van der Waals surface area contributed by atoms with E-state index in [1.54, 1.807) is 28.9 Å². The summed E-state index contributed by atoms with van der Waals surface area (Å²) in [5, 5.41) is 5.30. The number of carbonyl (C=O) groups excluding carboxylic acids is 1. The molecule has 0 N–H and O–H groups in total. The molecule has 0 aliphatic carbocycles. The normalized spacial score (nSPS) is 14.8. The van der Waals surface area contributed by atoms with Gasteiger partial charge >= 0.3 is 0 Å². The van der Waals surface area contributed by atoms with Gasteiger partial charge in [0, 0.05) is 29.2 Å². The Hall–Kier alpha value is -2.58. The smallest absolute Gasteiger partial charge is 0.195 e. The molecule has 1 aromatic heterocycles. The highest BCUT2D eigenvalue weighted by Crippen LogP contribution is 2.24. The van der Waals surface area contributed by atoms with Crippen LogP contribution in [0.1, 0.15) is 27.6 Å². The van der Waals surface area contributed by atoms with Crippen LogP contribution in [0.15, 0.2) is 48.5 Å². The molecule has 0 atom stereocenters. The summed E-state index contributed by atoms with van der Waals surface area (Å²) in [4.78, 5) is 22.4. The maximum Gasteiger partial charge on any atom is 0.195 e. The average molecular weight is 440 g/mol. The second-order valence-corrected chi connectivity index (χ2v) is 8.28. The van der Waals surface area contributed by atoms with E-state index in [1.165, 1.54) is 0 Å². The standard InChI is InChI=1S/C23H26ClN5O2/c1-27(2)16-22-25-21(15-28-10-12-31-13-11-28)26-29(22)20-9-8-18(24)14-19(20)23(30)17-6-4-3-5-7-17/h3-9,14H,10-13,15-16H2,1-2H3. The molecule has 0 spiro atoms. The van der Waals surface area contributed by atoms with Crippen molar-refractivity contribution in [1.82, 2.24) is 24.6 Å². The molecule has 2 heterocycles. The monoisotopic (exact) mass is 439 g/mol. The summed E-state index contributed by atoms with van der Waals surface area (Å²) >= 11 is 6.27. The summed E-state index contributed by atoms with van der Waals surface area (Å²) in [5.74, 6) is 1.41. The third kappa shape index (κ3) is 5.19. The number of aromatic nitrogens is 3. The summed E-state index contributed by atoms with van der Waals surface area (Å²) in [6, 6.07) is 14.5. The molecule has 0 radical (unpaired) electrons. The average Bonchev–Trinajstić information content (AvgIpc) is 3.15. The van der Waals surface area contributed by atoms with E-state index in [0.29, 0.717) is 34.9 Å². The van der Waals surface area contributed by atoms with Crippen LogP contribution in [-0.2, 0) is 17.8 Å². The second-order valence-electron chi connectivity index (χ2n) is 7.84. The molecule has 0 bridgehead atoms. The van der Waals surface area contributed by atoms with Gasteiger partial charge in [0.25, 0.3) is 0 Å². The fraction of sp³-hybridized carbons (Fsp3) is 0.348. The van der Waals surface area contributed by atoms with Crippen molar-refractivity contribution in [1.29, 1.82) is 0 Å². The number of morpholine rings is 1. The minimum atomic E-state index is -0.0980. The molecule has 1 aliphatic rings. The predicted octanol–water partition coefficient (Wildman–Crippen LogP) is 3.05. The number of nitrogens with zero attached hydrogens (tertiary/aromatic N) is 5. The van der Waals surface area contributed by atoms with E-state index in [2.05, 4.69) is 4.90 Å². The minimum absolute atomic E-state index is 0.0980. The van der Waals surface area contributed by atoms with Gasteiger partial charge in [-0.05, 0) is 32.3 Å². The number of carbonyl (C=O) groups is 1. The highest BCUT2D eigenvalue weighted by Gasteiger charge is 2.21. The molecule has 4 rings (SSSR count). The molecule has 7 nitrogen and oxygen atoms in total. The van der Waals surface area contributed by atoms with Crippen LogP contribution in [-0.4, -0.2) is 70.7 Å². The SMILES string of the molecule is CN(C)Cc1nc(CN2CCOCC2)nn1-c1ccc(Cl)cc1C(=O)c1ccccc1. The first-order chi connectivity index (χ1) is 15.0. The van der Waals surface area contributed by atoms with Crippen LogP contribution in [0.5, 0.6) is 0 Å². The molecule has 1 fully saturated rings. The molecule has 2 aromatic carbocycles. The van der Waals surface area contributed by atoms with Gasteiger partial charge in [0.05, 0.1) is 32.0 Å². The fourth-order valence-electron chi connectivity index (χ4n) is 3.62. The summed E-state index contributed by atoms with van der Waals surface area (Å²) in [7, 11) is 3.97. The van der Waals surface area contributed by atoms with E-state index in [1.807, 2.05) is 43.3 Å². The lowest BCUT2D eigenvalue weighted by Crippen LogP contribution is -2.36. The van der Waals surface area contributed by atoms with Crippen molar-refractivity contribution in [3.8, 4) is 5.69 Å². The van der Waals surface area contributed by atoms with Crippen LogP contribution >= 0.6 is 11.6 Å². The quantitative estimate of drug-likeness (QED) is 0.527. The maximum atomic E-state index is 13.3. The molecule has 8 heteroatoms. The Morgan fingerprint density at radius 3 is 2.58 bits per heavy atom. The highest BCUT2D eigenvalue weighted by molar-refractivity contribution is 6.31. The Kier molecular flexibility index (Phi) is 6.77. The van der Waals surface area contributed by atoms with Crippen molar-refractivity contribution in [3.63, 3.8) is 0 Å². The van der Waals surface area contributed by atoms with Crippen molar-refractivity contribution >= 4 is 17.4 Å². The topological polar surface area (TPSA) is 63.5 Å². The molecular weight excluding hydrogens is 414 g/mol. The maximum absolute atomic E-state index is 13.3. The highest BCUT2D eigenvalue weighted by atomic mass is 35.5. The van der Waals surface area contributed by atoms with E-state index >= 15 is 0 Å². The number of benzene rings is 2. The first-order valence-electron chi connectivity index (χ1n) is 10.3. The zero-order valence-electron chi connectivity index (χ0n) is 17.8. The van der Waals surface area contributed by atoms with E-state index in [0.717, 1.165) is 38.0 Å². The van der Waals surface area contributed by atoms with Crippen LogP contribution in [0.2, 0.25) is 5.02 Å². The Balaban J connectivity index is 1.74. The molecule has 162 valence electrons. The first-order valence-corrected chi connectivity index (χ1v) is 10.7. The molecule has 0 saturated carbocycles. The number of halogens is 1. The predicted molar refractivity (Wildman–Crippen MR) is 120 cm³/mol. The Bertz CT molecular complexity index is 1050. The molecular formula is C23H26ClN5O2. The van der Waals surface area contributed by atoms with Crippen LogP contribution in [0.25, 0.3) is 5.69 Å². The van der Waals surface area contributed by atoms with Crippen molar-refractivity contribution in [2.75, 3.05) is 40.4 Å². The summed E-state index contributed by atoms with van der Waals surface area (Å²) in [5.41, 5.74) is 1.78. The largest absolute Gasteiger partial charge is 0.379 e. The van der Waals surface area contributed by atoms with Crippen molar-refractivity contribution in [2.45, 2.75) is 13.1 Å². The van der Waals surface area contributed by atoms with E-state index in [4.69, 9.17) is 26.4 Å². The summed E-state index contributed by atoms with van der Waals surface area (Å²) < 4.78 is 7.22. The molecule has 31 heavy (non-hydrogen) atoms. The zero-order valence-corrected chi connectivity index (χ0v) is 18.5. The molecule has 0 unspecified atom stereocenters. The lowest BCUT2D eigenvalue weighted by Gasteiger charge is -2.25. The first kappa shape index (κ1) is 21.6. The van der Waals surface area contributed by atoms with Gasteiger partial charge in [-0.2, -0.15) is 0 Å². The van der Waals surface area contributed by atoms with Gasteiger partial charge in [-0.1, -0.05) is 41.9 Å². The summed E-state index contributed by atoms with van der Waals surface area (Å²) in [6.45, 7) is 4.40. The molecule has 1 aliphatic heterocycles. The molecule has 3 aromatic rings. The Labute approximate surface area is 187 Å². The number of rotatable bonds is 7. The minimum Gasteiger partial charge on any atom is -0.379 e. The zero-order chi connectivity index (χ0) is 21.8. The van der Waals surface area contributed by atoms with Crippen LogP contribution < -0.4 is 0 Å². The van der Waals surface area contributed by atoms with Crippen LogP contribution in [0, 0.1) is 0 Å². The van der Waals surface area contributed by atoms with Crippen molar-refractivity contribution in [3.05, 3.63) is 76.3 Å². The van der Waals surface area contributed by atoms with Crippen LogP contribution in [0.3, 0.4) is 0 Å². The van der Waals surface area contributed by atoms with Gasteiger partial charge in [-0.25, -0.2) is 9.67 Å². The third-order valence-corrected chi connectivity index (χ3v) is 5.35. The third-order valence-electron chi connectivity index (χ3n) is 5.11. The van der Waals surface area contributed by atoms with Gasteiger partial charge in [-0.15, -0.1) is 5.10 Å². The van der Waals surface area contributed by atoms with Gasteiger partial charge in [0.2, 0.25) is 0 Å². The molecule has 0 amide bonds. The van der Waals surface area contributed by atoms with E-state index in [-0.39, 0.29) is 5.78 Å². The summed E-state index contributed by atoms with van der Waals surface area (Å²) in [6.07, 6.45) is 0. The number of ether oxygens (including phenoxy) is 1. The van der Waals surface area contributed by atoms with E-state index < -0.39 is 0 Å². The van der Waals surface area contributed by atoms with Crippen molar-refractivity contribution < 1.29 is 9.53 Å². The Morgan fingerprint density at radius 1 is 1.13 bits per heavy atom. The second kappa shape index (κ2) is 9.70.